The summed E-state index contributed by atoms with van der Waals surface area (Å²) in [5, 5.41) is 2.58. The van der Waals surface area contributed by atoms with E-state index in [4.69, 9.17) is 0 Å². The minimum atomic E-state index is -3.59. The first-order chi connectivity index (χ1) is 11.8. The lowest BCUT2D eigenvalue weighted by molar-refractivity contribution is -0.130. The minimum Gasteiger partial charge on any atom is -0.343 e. The van der Waals surface area contributed by atoms with Crippen LogP contribution in [0, 0.1) is 0 Å². The standard InChI is InChI=1S/C17H23N3O4S/c1-4-17(22)18-14-5-7-16(8-6-14)25(23,24)20-11-9-15(10-12-20)19(3)13(2)21/h4-8,15H,1,9-12H2,2-3H3,(H,18,22). The van der Waals surface area contributed by atoms with Crippen LogP contribution in [0.4, 0.5) is 5.69 Å². The van der Waals surface area contributed by atoms with Gasteiger partial charge in [0.2, 0.25) is 21.8 Å². The Balaban J connectivity index is 2.06. The molecule has 8 heteroatoms. The van der Waals surface area contributed by atoms with Gasteiger partial charge in [-0.15, -0.1) is 0 Å². The number of anilines is 1. The summed E-state index contributed by atoms with van der Waals surface area (Å²) >= 11 is 0. The van der Waals surface area contributed by atoms with Crippen molar-refractivity contribution in [2.45, 2.75) is 30.7 Å². The van der Waals surface area contributed by atoms with Crippen molar-refractivity contribution in [3.8, 4) is 0 Å². The van der Waals surface area contributed by atoms with E-state index >= 15 is 0 Å². The monoisotopic (exact) mass is 365 g/mol. The topological polar surface area (TPSA) is 86.8 Å². The van der Waals surface area contributed by atoms with E-state index in [1.807, 2.05) is 0 Å². The summed E-state index contributed by atoms with van der Waals surface area (Å²) in [7, 11) is -1.84. The van der Waals surface area contributed by atoms with Gasteiger partial charge in [-0.1, -0.05) is 6.58 Å². The highest BCUT2D eigenvalue weighted by molar-refractivity contribution is 7.89. The molecule has 7 nitrogen and oxygen atoms in total. The molecule has 1 aliphatic rings. The molecule has 0 saturated carbocycles. The molecule has 0 spiro atoms. The average Bonchev–Trinajstić information content (AvgIpc) is 2.61. The quantitative estimate of drug-likeness (QED) is 0.800. The average molecular weight is 365 g/mol. The molecule has 2 rings (SSSR count). The predicted molar refractivity (Wildman–Crippen MR) is 95.5 cm³/mol. The lowest BCUT2D eigenvalue weighted by Gasteiger charge is -2.35. The Morgan fingerprint density at radius 1 is 1.24 bits per heavy atom. The third-order valence-electron chi connectivity index (χ3n) is 4.41. The highest BCUT2D eigenvalue weighted by Crippen LogP contribution is 2.24. The molecule has 1 heterocycles. The molecule has 0 aromatic heterocycles. The summed E-state index contributed by atoms with van der Waals surface area (Å²) in [6, 6.07) is 6.11. The minimum absolute atomic E-state index is 0.0153. The Bertz CT molecular complexity index is 751. The van der Waals surface area contributed by atoms with Gasteiger partial charge in [0.1, 0.15) is 0 Å². The molecule has 0 bridgehead atoms. The van der Waals surface area contributed by atoms with Gasteiger partial charge in [-0.2, -0.15) is 4.31 Å². The van der Waals surface area contributed by atoms with Crippen molar-refractivity contribution in [1.29, 1.82) is 0 Å². The zero-order valence-electron chi connectivity index (χ0n) is 14.4. The largest absolute Gasteiger partial charge is 0.343 e. The predicted octanol–water partition coefficient (Wildman–Crippen LogP) is 1.44. The first-order valence-corrected chi connectivity index (χ1v) is 9.46. The van der Waals surface area contributed by atoms with Crippen molar-refractivity contribution in [3.05, 3.63) is 36.9 Å². The summed E-state index contributed by atoms with van der Waals surface area (Å²) in [5.41, 5.74) is 0.505. The molecule has 1 aromatic rings. The number of benzene rings is 1. The van der Waals surface area contributed by atoms with Crippen molar-refractivity contribution >= 4 is 27.5 Å². The number of hydrogen-bond donors (Lipinski definition) is 1. The second kappa shape index (κ2) is 7.79. The van der Waals surface area contributed by atoms with Gasteiger partial charge < -0.3 is 10.2 Å². The molecule has 0 atom stereocenters. The van der Waals surface area contributed by atoms with Crippen LogP contribution in [0.2, 0.25) is 0 Å². The zero-order chi connectivity index (χ0) is 18.6. The van der Waals surface area contributed by atoms with E-state index in [2.05, 4.69) is 11.9 Å². The van der Waals surface area contributed by atoms with Gasteiger partial charge in [0, 0.05) is 38.8 Å². The molecule has 25 heavy (non-hydrogen) atoms. The van der Waals surface area contributed by atoms with Gasteiger partial charge >= 0.3 is 0 Å². The van der Waals surface area contributed by atoms with E-state index in [-0.39, 0.29) is 22.8 Å². The molecule has 0 aliphatic carbocycles. The highest BCUT2D eigenvalue weighted by Gasteiger charge is 2.31. The van der Waals surface area contributed by atoms with Gasteiger partial charge in [0.25, 0.3) is 0 Å². The first kappa shape index (κ1) is 19.1. The Hall–Kier alpha value is -2.19. The summed E-state index contributed by atoms with van der Waals surface area (Å²) in [6.45, 7) is 5.62. The van der Waals surface area contributed by atoms with Gasteiger partial charge in [0.15, 0.2) is 0 Å². The Morgan fingerprint density at radius 2 is 1.80 bits per heavy atom. The molecule has 136 valence electrons. The van der Waals surface area contributed by atoms with Gasteiger partial charge in [-0.05, 0) is 43.2 Å². The smallest absolute Gasteiger partial charge is 0.247 e. The van der Waals surface area contributed by atoms with E-state index in [0.29, 0.717) is 31.6 Å². The molecule has 1 N–H and O–H groups in total. The van der Waals surface area contributed by atoms with Crippen LogP contribution >= 0.6 is 0 Å². The van der Waals surface area contributed by atoms with E-state index in [0.717, 1.165) is 6.08 Å². The number of hydrogen-bond acceptors (Lipinski definition) is 4. The number of amides is 2. The molecule has 1 fully saturated rings. The molecular weight excluding hydrogens is 342 g/mol. The Kier molecular flexibility index (Phi) is 5.97. The van der Waals surface area contributed by atoms with E-state index in [9.17, 15) is 18.0 Å². The lowest BCUT2D eigenvalue weighted by atomic mass is 10.1. The number of carbonyl (C=O) groups excluding carboxylic acids is 2. The van der Waals surface area contributed by atoms with Gasteiger partial charge in [0.05, 0.1) is 4.90 Å². The third-order valence-corrected chi connectivity index (χ3v) is 6.33. The van der Waals surface area contributed by atoms with Crippen molar-refractivity contribution < 1.29 is 18.0 Å². The fourth-order valence-corrected chi connectivity index (χ4v) is 4.25. The van der Waals surface area contributed by atoms with Crippen LogP contribution in [0.15, 0.2) is 41.8 Å². The fraction of sp³-hybridized carbons (Fsp3) is 0.412. The molecule has 0 unspecified atom stereocenters. The normalized spacial score (nSPS) is 16.2. The number of rotatable bonds is 5. The fourth-order valence-electron chi connectivity index (χ4n) is 2.78. The maximum Gasteiger partial charge on any atom is 0.247 e. The maximum absolute atomic E-state index is 12.7. The SMILES string of the molecule is C=CC(=O)Nc1ccc(S(=O)(=O)N2CCC(N(C)C(C)=O)CC2)cc1. The zero-order valence-corrected chi connectivity index (χ0v) is 15.3. The highest BCUT2D eigenvalue weighted by atomic mass is 32.2. The number of piperidine rings is 1. The first-order valence-electron chi connectivity index (χ1n) is 8.02. The molecule has 1 aromatic carbocycles. The van der Waals surface area contributed by atoms with Crippen molar-refractivity contribution in [1.82, 2.24) is 9.21 Å². The molecule has 0 radical (unpaired) electrons. The second-order valence-corrected chi connectivity index (χ2v) is 7.92. The molecule has 1 aliphatic heterocycles. The summed E-state index contributed by atoms with van der Waals surface area (Å²) < 4.78 is 26.9. The Morgan fingerprint density at radius 3 is 2.28 bits per heavy atom. The summed E-state index contributed by atoms with van der Waals surface area (Å²) in [4.78, 5) is 24.5. The molecule has 1 saturated heterocycles. The number of sulfonamides is 1. The molecule has 2 amide bonds. The van der Waals surface area contributed by atoms with Crippen molar-refractivity contribution in [2.24, 2.45) is 0 Å². The van der Waals surface area contributed by atoms with Crippen LogP contribution in [-0.2, 0) is 19.6 Å². The van der Waals surface area contributed by atoms with E-state index in [1.54, 1.807) is 24.1 Å². The molecular formula is C17H23N3O4S. The van der Waals surface area contributed by atoms with Crippen LogP contribution in [0.5, 0.6) is 0 Å². The van der Waals surface area contributed by atoms with Crippen LogP contribution in [0.1, 0.15) is 19.8 Å². The van der Waals surface area contributed by atoms with Crippen molar-refractivity contribution in [2.75, 3.05) is 25.5 Å². The van der Waals surface area contributed by atoms with Gasteiger partial charge in [-0.3, -0.25) is 9.59 Å². The summed E-state index contributed by atoms with van der Waals surface area (Å²) in [5.74, 6) is -0.370. The van der Waals surface area contributed by atoms with E-state index < -0.39 is 10.0 Å². The summed E-state index contributed by atoms with van der Waals surface area (Å²) in [6.07, 6.45) is 2.37. The Labute approximate surface area is 148 Å². The number of carbonyl (C=O) groups is 2. The van der Waals surface area contributed by atoms with Crippen LogP contribution in [0.25, 0.3) is 0 Å². The second-order valence-electron chi connectivity index (χ2n) is 5.98. The van der Waals surface area contributed by atoms with E-state index in [1.165, 1.54) is 23.4 Å². The van der Waals surface area contributed by atoms with Gasteiger partial charge in [-0.25, -0.2) is 8.42 Å². The van der Waals surface area contributed by atoms with Crippen LogP contribution < -0.4 is 5.32 Å². The lowest BCUT2D eigenvalue weighted by Crippen LogP contribution is -2.46. The van der Waals surface area contributed by atoms with Crippen molar-refractivity contribution in [3.63, 3.8) is 0 Å². The third kappa shape index (κ3) is 4.46. The van der Waals surface area contributed by atoms with Crippen LogP contribution in [-0.4, -0.2) is 55.6 Å². The van der Waals surface area contributed by atoms with Crippen LogP contribution in [0.3, 0.4) is 0 Å². The maximum atomic E-state index is 12.7. The number of nitrogens with one attached hydrogen (secondary N) is 1. The number of nitrogens with zero attached hydrogens (tertiary/aromatic N) is 2.